The number of para-hydroxylation sites is 1. The summed E-state index contributed by atoms with van der Waals surface area (Å²) in [6, 6.07) is 15.2. The molecule has 3 aromatic rings. The molecule has 0 bridgehead atoms. The zero-order valence-corrected chi connectivity index (χ0v) is 14.8. The van der Waals surface area contributed by atoms with Gasteiger partial charge < -0.3 is 0 Å². The second-order valence-electron chi connectivity index (χ2n) is 5.84. The molecule has 8 nitrogen and oxygen atoms in total. The first kappa shape index (κ1) is 18.0. The maximum absolute atomic E-state index is 12.1. The zero-order valence-electron chi connectivity index (χ0n) is 14.8. The van der Waals surface area contributed by atoms with E-state index in [4.69, 9.17) is 0 Å². The number of hydrogen-bond acceptors (Lipinski definition) is 5. The van der Waals surface area contributed by atoms with Crippen molar-refractivity contribution in [2.75, 3.05) is 0 Å². The number of hydrazone groups is 1. The third-order valence-corrected chi connectivity index (χ3v) is 4.03. The van der Waals surface area contributed by atoms with Gasteiger partial charge in [-0.2, -0.15) is 10.2 Å². The van der Waals surface area contributed by atoms with Crippen molar-refractivity contribution in [3.63, 3.8) is 0 Å². The fourth-order valence-corrected chi connectivity index (χ4v) is 2.64. The van der Waals surface area contributed by atoms with Crippen LogP contribution in [0.3, 0.4) is 0 Å². The molecule has 0 aliphatic carbocycles. The van der Waals surface area contributed by atoms with E-state index in [0.29, 0.717) is 0 Å². The monoisotopic (exact) mass is 363 g/mol. The summed E-state index contributed by atoms with van der Waals surface area (Å²) in [5.41, 5.74) is 5.77. The molecule has 1 N–H and O–H groups in total. The summed E-state index contributed by atoms with van der Waals surface area (Å²) >= 11 is 0. The number of benzene rings is 2. The number of rotatable bonds is 5. The molecule has 0 atom stereocenters. The molecule has 27 heavy (non-hydrogen) atoms. The molecule has 0 spiro atoms. The Bertz CT molecular complexity index is 1030. The minimum absolute atomic E-state index is 0.151. The van der Waals surface area contributed by atoms with Crippen LogP contribution in [0, 0.1) is 24.0 Å². The van der Waals surface area contributed by atoms with Crippen LogP contribution in [-0.4, -0.2) is 26.8 Å². The first-order valence-electron chi connectivity index (χ1n) is 8.17. The van der Waals surface area contributed by atoms with E-state index in [1.165, 1.54) is 30.5 Å². The predicted molar refractivity (Wildman–Crippen MR) is 101 cm³/mol. The Kier molecular flexibility index (Phi) is 5.07. The lowest BCUT2D eigenvalue weighted by molar-refractivity contribution is -0.384. The Balaban J connectivity index is 1.77. The van der Waals surface area contributed by atoms with Crippen LogP contribution in [0.25, 0.3) is 5.69 Å². The molecule has 1 aromatic heterocycles. The van der Waals surface area contributed by atoms with E-state index in [1.807, 2.05) is 44.2 Å². The molecule has 3 rings (SSSR count). The molecule has 136 valence electrons. The summed E-state index contributed by atoms with van der Waals surface area (Å²) in [6.45, 7) is 3.77. The lowest BCUT2D eigenvalue weighted by atomic mass is 10.2. The second-order valence-corrected chi connectivity index (χ2v) is 5.84. The number of non-ortho nitro benzene ring substituents is 1. The van der Waals surface area contributed by atoms with Gasteiger partial charge in [0.15, 0.2) is 0 Å². The van der Waals surface area contributed by atoms with Crippen LogP contribution < -0.4 is 5.43 Å². The maximum atomic E-state index is 12.1. The van der Waals surface area contributed by atoms with E-state index in [1.54, 1.807) is 4.68 Å². The van der Waals surface area contributed by atoms with E-state index in [0.717, 1.165) is 22.6 Å². The third-order valence-electron chi connectivity index (χ3n) is 4.03. The normalized spacial score (nSPS) is 10.9. The molecule has 0 unspecified atom stereocenters. The van der Waals surface area contributed by atoms with Crippen LogP contribution in [0.4, 0.5) is 5.69 Å². The van der Waals surface area contributed by atoms with E-state index in [-0.39, 0.29) is 11.3 Å². The smallest absolute Gasteiger partial charge is 0.267 e. The summed E-state index contributed by atoms with van der Waals surface area (Å²) in [5.74, 6) is -0.527. The maximum Gasteiger partial charge on any atom is 0.271 e. The topological polar surface area (TPSA) is 102 Å². The number of nitro benzene ring substituents is 1. The predicted octanol–water partition coefficient (Wildman–Crippen LogP) is 3.16. The van der Waals surface area contributed by atoms with E-state index in [2.05, 4.69) is 15.6 Å². The molecule has 0 radical (unpaired) electrons. The molecular weight excluding hydrogens is 346 g/mol. The number of nitro groups is 1. The summed E-state index contributed by atoms with van der Waals surface area (Å²) in [6.07, 6.45) is 1.52. The number of aryl methyl sites for hydroxylation is 1. The number of hydrogen-bond donors (Lipinski definition) is 1. The van der Waals surface area contributed by atoms with E-state index >= 15 is 0 Å². The van der Waals surface area contributed by atoms with Gasteiger partial charge in [-0.05, 0) is 32.0 Å². The van der Waals surface area contributed by atoms with Crippen molar-refractivity contribution in [2.24, 2.45) is 5.10 Å². The average molecular weight is 363 g/mol. The Morgan fingerprint density at radius 3 is 2.63 bits per heavy atom. The van der Waals surface area contributed by atoms with Crippen LogP contribution in [0.2, 0.25) is 0 Å². The van der Waals surface area contributed by atoms with Crippen molar-refractivity contribution in [2.45, 2.75) is 13.8 Å². The largest absolute Gasteiger partial charge is 0.271 e. The first-order valence-corrected chi connectivity index (χ1v) is 8.17. The Morgan fingerprint density at radius 2 is 1.93 bits per heavy atom. The van der Waals surface area contributed by atoms with Crippen molar-refractivity contribution in [3.8, 4) is 5.69 Å². The minimum Gasteiger partial charge on any atom is -0.267 e. The molecule has 0 fully saturated rings. The van der Waals surface area contributed by atoms with Gasteiger partial charge in [0.05, 0.1) is 28.2 Å². The fourth-order valence-electron chi connectivity index (χ4n) is 2.64. The second kappa shape index (κ2) is 7.61. The van der Waals surface area contributed by atoms with Crippen molar-refractivity contribution >= 4 is 17.8 Å². The molecule has 0 aliphatic rings. The molecule has 1 amide bonds. The van der Waals surface area contributed by atoms with Gasteiger partial charge in [0.25, 0.3) is 11.6 Å². The summed E-state index contributed by atoms with van der Waals surface area (Å²) in [7, 11) is 0. The molecule has 0 saturated heterocycles. The van der Waals surface area contributed by atoms with Crippen LogP contribution in [-0.2, 0) is 0 Å². The van der Waals surface area contributed by atoms with Crippen molar-refractivity contribution in [1.29, 1.82) is 0 Å². The van der Waals surface area contributed by atoms with Crippen molar-refractivity contribution in [1.82, 2.24) is 15.2 Å². The molecular formula is C19H17N5O3. The average Bonchev–Trinajstić information content (AvgIpc) is 2.97. The van der Waals surface area contributed by atoms with Gasteiger partial charge in [0, 0.05) is 23.3 Å². The number of carbonyl (C=O) groups excluding carboxylic acids is 1. The van der Waals surface area contributed by atoms with Crippen LogP contribution >= 0.6 is 0 Å². The first-order chi connectivity index (χ1) is 13.0. The molecule has 2 aromatic carbocycles. The summed E-state index contributed by atoms with van der Waals surface area (Å²) in [5, 5.41) is 19.3. The highest BCUT2D eigenvalue weighted by atomic mass is 16.6. The Hall–Kier alpha value is -3.81. The van der Waals surface area contributed by atoms with Gasteiger partial charge in [-0.15, -0.1) is 0 Å². The van der Waals surface area contributed by atoms with Crippen LogP contribution in [0.15, 0.2) is 59.7 Å². The lowest BCUT2D eigenvalue weighted by Crippen LogP contribution is -2.17. The highest BCUT2D eigenvalue weighted by Crippen LogP contribution is 2.16. The SMILES string of the molecule is Cc1nn(-c2ccccc2)c(C)c1/C=N\NC(=O)c1cccc([N+](=O)[O-])c1. The van der Waals surface area contributed by atoms with Gasteiger partial charge in [0.1, 0.15) is 0 Å². The highest BCUT2D eigenvalue weighted by molar-refractivity contribution is 5.95. The van der Waals surface area contributed by atoms with Crippen molar-refractivity contribution in [3.05, 3.63) is 87.2 Å². The highest BCUT2D eigenvalue weighted by Gasteiger charge is 2.12. The molecule has 0 aliphatic heterocycles. The standard InChI is InChI=1S/C19H17N5O3/c1-13-18(14(2)23(22-13)16-8-4-3-5-9-16)12-20-21-19(25)15-7-6-10-17(11-15)24(26)27/h3-12H,1-2H3,(H,21,25)/b20-12-. The zero-order chi connectivity index (χ0) is 19.4. The van der Waals surface area contributed by atoms with Gasteiger partial charge in [-0.3, -0.25) is 14.9 Å². The quantitative estimate of drug-likeness (QED) is 0.427. The van der Waals surface area contributed by atoms with Crippen molar-refractivity contribution < 1.29 is 9.72 Å². The molecule has 1 heterocycles. The number of aromatic nitrogens is 2. The van der Waals surface area contributed by atoms with Gasteiger partial charge in [-0.25, -0.2) is 10.1 Å². The summed E-state index contributed by atoms with van der Waals surface area (Å²) < 4.78 is 1.80. The number of amides is 1. The number of carbonyl (C=O) groups is 1. The number of nitrogens with zero attached hydrogens (tertiary/aromatic N) is 4. The van der Waals surface area contributed by atoms with Gasteiger partial charge in [-0.1, -0.05) is 24.3 Å². The van der Waals surface area contributed by atoms with Gasteiger partial charge >= 0.3 is 0 Å². The Morgan fingerprint density at radius 1 is 1.19 bits per heavy atom. The van der Waals surface area contributed by atoms with Gasteiger partial charge in [0.2, 0.25) is 0 Å². The third kappa shape index (κ3) is 3.90. The van der Waals surface area contributed by atoms with E-state index in [9.17, 15) is 14.9 Å². The fraction of sp³-hybridized carbons (Fsp3) is 0.105. The molecule has 8 heteroatoms. The van der Waals surface area contributed by atoms with E-state index < -0.39 is 10.8 Å². The lowest BCUT2D eigenvalue weighted by Gasteiger charge is -2.03. The number of nitrogens with one attached hydrogen (secondary N) is 1. The van der Waals surface area contributed by atoms with Crippen LogP contribution in [0.1, 0.15) is 27.3 Å². The Labute approximate surface area is 155 Å². The van der Waals surface area contributed by atoms with Crippen LogP contribution in [0.5, 0.6) is 0 Å². The minimum atomic E-state index is -0.551. The molecule has 0 saturated carbocycles. The summed E-state index contributed by atoms with van der Waals surface area (Å²) in [4.78, 5) is 22.4.